The molecule has 194 valence electrons. The third kappa shape index (κ3) is 5.35. The highest BCUT2D eigenvalue weighted by Gasteiger charge is 2.35. The summed E-state index contributed by atoms with van der Waals surface area (Å²) in [6.45, 7) is 2.19. The fourth-order valence-electron chi connectivity index (χ4n) is 4.37. The van der Waals surface area contributed by atoms with Crippen LogP contribution in [0.25, 0.3) is 0 Å². The van der Waals surface area contributed by atoms with Crippen LogP contribution in [-0.2, 0) is 11.2 Å². The standard InChI is InChI=1S/C28H27F2NO6/c1-4-36-28(33)17-8-10-19(11-9-17)37-16-23-20-15-25(35-3)24(34-2)14-18(20)12-13-31(23)27(32)26-21(29)6-5-7-22(26)30/h5-11,14-15,23H,4,12-13,16H2,1-3H3. The molecule has 0 bridgehead atoms. The van der Waals surface area contributed by atoms with Crippen LogP contribution in [0.2, 0.25) is 0 Å². The van der Waals surface area contributed by atoms with Gasteiger partial charge in [0.05, 0.1) is 32.4 Å². The Bertz CT molecular complexity index is 1270. The molecular weight excluding hydrogens is 484 g/mol. The van der Waals surface area contributed by atoms with Gasteiger partial charge < -0.3 is 23.8 Å². The van der Waals surface area contributed by atoms with Crippen LogP contribution in [0.15, 0.2) is 54.6 Å². The molecule has 0 saturated heterocycles. The number of carbonyl (C=O) groups excluding carboxylic acids is 2. The van der Waals surface area contributed by atoms with E-state index in [0.717, 1.165) is 23.3 Å². The number of methoxy groups -OCH3 is 2. The Morgan fingerprint density at radius 1 is 0.973 bits per heavy atom. The first-order valence-electron chi connectivity index (χ1n) is 11.8. The fraction of sp³-hybridized carbons (Fsp3) is 0.286. The van der Waals surface area contributed by atoms with Gasteiger partial charge in [0.15, 0.2) is 11.5 Å². The zero-order valence-corrected chi connectivity index (χ0v) is 20.8. The average Bonchev–Trinajstić information content (AvgIpc) is 2.91. The van der Waals surface area contributed by atoms with Crippen LogP contribution in [0.1, 0.15) is 44.8 Å². The summed E-state index contributed by atoms with van der Waals surface area (Å²) in [5, 5.41) is 0. The molecule has 0 radical (unpaired) electrons. The van der Waals surface area contributed by atoms with Crippen LogP contribution in [0.5, 0.6) is 17.2 Å². The zero-order valence-electron chi connectivity index (χ0n) is 20.8. The second kappa shape index (κ2) is 11.3. The van der Waals surface area contributed by atoms with E-state index in [1.54, 1.807) is 37.3 Å². The lowest BCUT2D eigenvalue weighted by Crippen LogP contribution is -2.43. The first-order chi connectivity index (χ1) is 17.9. The largest absolute Gasteiger partial charge is 0.493 e. The molecule has 1 aliphatic rings. The topological polar surface area (TPSA) is 74.3 Å². The van der Waals surface area contributed by atoms with Crippen molar-refractivity contribution in [2.75, 3.05) is 34.0 Å². The Morgan fingerprint density at radius 3 is 2.24 bits per heavy atom. The third-order valence-corrected chi connectivity index (χ3v) is 6.21. The number of esters is 1. The fourth-order valence-corrected chi connectivity index (χ4v) is 4.37. The minimum atomic E-state index is -0.933. The van der Waals surface area contributed by atoms with E-state index >= 15 is 0 Å². The van der Waals surface area contributed by atoms with Crippen molar-refractivity contribution < 1.29 is 37.3 Å². The number of nitrogens with zero attached hydrogens (tertiary/aromatic N) is 1. The SMILES string of the molecule is CCOC(=O)c1ccc(OCC2c3cc(OC)c(OC)cc3CCN2C(=O)c2c(F)cccc2F)cc1. The molecule has 0 aromatic heterocycles. The van der Waals surface area contributed by atoms with E-state index in [9.17, 15) is 18.4 Å². The van der Waals surface area contributed by atoms with Crippen molar-refractivity contribution in [3.8, 4) is 17.2 Å². The molecule has 37 heavy (non-hydrogen) atoms. The van der Waals surface area contributed by atoms with Crippen LogP contribution in [-0.4, -0.2) is 50.8 Å². The Labute approximate surface area is 213 Å². The summed E-state index contributed by atoms with van der Waals surface area (Å²) in [6, 6.07) is 12.6. The minimum Gasteiger partial charge on any atom is -0.493 e. The zero-order chi connectivity index (χ0) is 26.5. The first-order valence-corrected chi connectivity index (χ1v) is 11.8. The normalized spacial score (nSPS) is 14.5. The third-order valence-electron chi connectivity index (χ3n) is 6.21. The molecule has 0 N–H and O–H groups in total. The molecule has 0 aliphatic carbocycles. The van der Waals surface area contributed by atoms with Crippen LogP contribution in [0.4, 0.5) is 8.78 Å². The molecular formula is C28H27F2NO6. The van der Waals surface area contributed by atoms with Gasteiger partial charge in [0.25, 0.3) is 5.91 Å². The van der Waals surface area contributed by atoms with Crippen molar-refractivity contribution >= 4 is 11.9 Å². The van der Waals surface area contributed by atoms with Gasteiger partial charge in [-0.3, -0.25) is 4.79 Å². The van der Waals surface area contributed by atoms with Crippen LogP contribution in [0.3, 0.4) is 0 Å². The molecule has 1 unspecified atom stereocenters. The minimum absolute atomic E-state index is 0.0109. The van der Waals surface area contributed by atoms with Gasteiger partial charge in [-0.25, -0.2) is 13.6 Å². The number of carbonyl (C=O) groups is 2. The number of halogens is 2. The summed E-state index contributed by atoms with van der Waals surface area (Å²) in [5.74, 6) is -1.64. The van der Waals surface area contributed by atoms with Crippen molar-refractivity contribution in [3.63, 3.8) is 0 Å². The molecule has 0 fully saturated rings. The first kappa shape index (κ1) is 25.9. The van der Waals surface area contributed by atoms with Gasteiger partial charge in [0.2, 0.25) is 0 Å². The highest BCUT2D eigenvalue weighted by atomic mass is 19.1. The molecule has 1 heterocycles. The average molecular weight is 512 g/mol. The van der Waals surface area contributed by atoms with Crippen molar-refractivity contribution in [1.82, 2.24) is 4.90 Å². The lowest BCUT2D eigenvalue weighted by molar-refractivity contribution is 0.0524. The molecule has 4 rings (SSSR count). The Hall–Kier alpha value is -4.14. The molecule has 3 aromatic rings. The lowest BCUT2D eigenvalue weighted by Gasteiger charge is -2.37. The van der Waals surface area contributed by atoms with Crippen LogP contribution < -0.4 is 14.2 Å². The van der Waals surface area contributed by atoms with E-state index in [1.165, 1.54) is 25.2 Å². The highest BCUT2D eigenvalue weighted by molar-refractivity contribution is 5.95. The number of hydrogen-bond acceptors (Lipinski definition) is 6. The summed E-state index contributed by atoms with van der Waals surface area (Å²) in [4.78, 5) is 26.7. The molecule has 3 aromatic carbocycles. The van der Waals surface area contributed by atoms with E-state index < -0.39 is 35.1 Å². The maximum atomic E-state index is 14.5. The number of ether oxygens (including phenoxy) is 4. The van der Waals surface area contributed by atoms with Gasteiger partial charge in [0.1, 0.15) is 29.6 Å². The van der Waals surface area contributed by atoms with Gasteiger partial charge in [-0.15, -0.1) is 0 Å². The number of benzene rings is 3. The Balaban J connectivity index is 1.67. The maximum Gasteiger partial charge on any atom is 0.338 e. The Morgan fingerprint density at radius 2 is 1.62 bits per heavy atom. The van der Waals surface area contributed by atoms with Gasteiger partial charge >= 0.3 is 5.97 Å². The van der Waals surface area contributed by atoms with E-state index in [1.807, 2.05) is 6.07 Å². The van der Waals surface area contributed by atoms with E-state index in [4.69, 9.17) is 18.9 Å². The second-order valence-corrected chi connectivity index (χ2v) is 8.32. The van der Waals surface area contributed by atoms with Crippen molar-refractivity contribution in [3.05, 3.63) is 88.5 Å². The summed E-state index contributed by atoms with van der Waals surface area (Å²) in [6.07, 6.45) is 0.447. The number of amides is 1. The molecule has 9 heteroatoms. The number of fused-ring (bicyclic) bond motifs is 1. The second-order valence-electron chi connectivity index (χ2n) is 8.32. The van der Waals surface area contributed by atoms with Gasteiger partial charge in [0, 0.05) is 6.54 Å². The molecule has 7 nitrogen and oxygen atoms in total. The monoisotopic (exact) mass is 511 g/mol. The predicted octanol–water partition coefficient (Wildman–Crippen LogP) is 4.98. The summed E-state index contributed by atoms with van der Waals surface area (Å²) >= 11 is 0. The molecule has 0 spiro atoms. The van der Waals surface area contributed by atoms with Gasteiger partial charge in [-0.2, -0.15) is 0 Å². The van der Waals surface area contributed by atoms with Crippen molar-refractivity contribution in [2.24, 2.45) is 0 Å². The lowest BCUT2D eigenvalue weighted by atomic mass is 9.91. The number of rotatable bonds is 8. The number of hydrogen-bond donors (Lipinski definition) is 0. The van der Waals surface area contributed by atoms with E-state index in [0.29, 0.717) is 29.2 Å². The summed E-state index contributed by atoms with van der Waals surface area (Å²) in [5.41, 5.74) is 1.38. The van der Waals surface area contributed by atoms with Crippen molar-refractivity contribution in [1.29, 1.82) is 0 Å². The van der Waals surface area contributed by atoms with Crippen LogP contribution >= 0.6 is 0 Å². The smallest absolute Gasteiger partial charge is 0.338 e. The quantitative estimate of drug-likeness (QED) is 0.398. The maximum absolute atomic E-state index is 14.5. The van der Waals surface area contributed by atoms with Crippen LogP contribution in [0, 0.1) is 11.6 Å². The summed E-state index contributed by atoms with van der Waals surface area (Å²) < 4.78 is 50.9. The molecule has 0 saturated carbocycles. The summed E-state index contributed by atoms with van der Waals surface area (Å²) in [7, 11) is 3.03. The molecule has 1 atom stereocenters. The van der Waals surface area contributed by atoms with E-state index in [-0.39, 0.29) is 19.8 Å². The van der Waals surface area contributed by atoms with Crippen molar-refractivity contribution in [2.45, 2.75) is 19.4 Å². The predicted molar refractivity (Wildman–Crippen MR) is 131 cm³/mol. The highest BCUT2D eigenvalue weighted by Crippen LogP contribution is 2.39. The van der Waals surface area contributed by atoms with Gasteiger partial charge in [-0.05, 0) is 73.0 Å². The van der Waals surface area contributed by atoms with E-state index in [2.05, 4.69) is 0 Å². The Kier molecular flexibility index (Phi) is 7.91. The van der Waals surface area contributed by atoms with Gasteiger partial charge in [-0.1, -0.05) is 6.07 Å². The molecule has 1 amide bonds. The molecule has 1 aliphatic heterocycles.